The summed E-state index contributed by atoms with van der Waals surface area (Å²) in [5.41, 5.74) is 7.01. The minimum Gasteiger partial charge on any atom is -0.448 e. The third kappa shape index (κ3) is 2.85. The SMILES string of the molecule is Cc1cccc2sc(NCCOC(N)=O)nc12. The van der Waals surface area contributed by atoms with Gasteiger partial charge < -0.3 is 15.8 Å². The number of thiazole rings is 1. The second kappa shape index (κ2) is 5.01. The Hall–Kier alpha value is -1.82. The van der Waals surface area contributed by atoms with Gasteiger partial charge in [0.2, 0.25) is 0 Å². The van der Waals surface area contributed by atoms with Crippen molar-refractivity contribution >= 4 is 32.8 Å². The molecule has 0 unspecified atom stereocenters. The van der Waals surface area contributed by atoms with Gasteiger partial charge in [-0.2, -0.15) is 0 Å². The van der Waals surface area contributed by atoms with Gasteiger partial charge in [0.1, 0.15) is 6.61 Å². The normalized spacial score (nSPS) is 10.4. The maximum Gasteiger partial charge on any atom is 0.404 e. The Morgan fingerprint density at radius 1 is 1.59 bits per heavy atom. The van der Waals surface area contributed by atoms with Crippen molar-refractivity contribution in [3.63, 3.8) is 0 Å². The van der Waals surface area contributed by atoms with Crippen LogP contribution in [0.5, 0.6) is 0 Å². The summed E-state index contributed by atoms with van der Waals surface area (Å²) < 4.78 is 5.76. The van der Waals surface area contributed by atoms with E-state index in [4.69, 9.17) is 5.73 Å². The number of aromatic nitrogens is 1. The van der Waals surface area contributed by atoms with Crippen LogP contribution in [0.1, 0.15) is 5.56 Å². The van der Waals surface area contributed by atoms with Crippen LogP contribution in [0.25, 0.3) is 10.2 Å². The third-order valence-electron chi connectivity index (χ3n) is 2.24. The molecule has 17 heavy (non-hydrogen) atoms. The molecule has 1 amide bonds. The van der Waals surface area contributed by atoms with E-state index in [1.165, 1.54) is 0 Å². The zero-order chi connectivity index (χ0) is 12.3. The van der Waals surface area contributed by atoms with Gasteiger partial charge in [-0.05, 0) is 18.6 Å². The molecular formula is C11H13N3O2S. The summed E-state index contributed by atoms with van der Waals surface area (Å²) in [7, 11) is 0. The van der Waals surface area contributed by atoms with Crippen LogP contribution in [0.4, 0.5) is 9.93 Å². The van der Waals surface area contributed by atoms with Crippen molar-refractivity contribution in [3.8, 4) is 0 Å². The predicted octanol–water partition coefficient (Wildman–Crippen LogP) is 2.11. The molecule has 1 aromatic heterocycles. The lowest BCUT2D eigenvalue weighted by molar-refractivity contribution is 0.161. The van der Waals surface area contributed by atoms with Gasteiger partial charge in [0.05, 0.1) is 16.8 Å². The molecule has 0 aliphatic rings. The molecule has 1 heterocycles. The average Bonchev–Trinajstić information content (AvgIpc) is 2.69. The van der Waals surface area contributed by atoms with Crippen LogP contribution in [0.3, 0.4) is 0 Å². The van der Waals surface area contributed by atoms with E-state index in [0.717, 1.165) is 20.9 Å². The number of hydrogen-bond acceptors (Lipinski definition) is 5. The van der Waals surface area contributed by atoms with Crippen LogP contribution in [-0.4, -0.2) is 24.2 Å². The van der Waals surface area contributed by atoms with Gasteiger partial charge in [0.25, 0.3) is 0 Å². The molecule has 1 aromatic carbocycles. The number of aryl methyl sites for hydroxylation is 1. The highest BCUT2D eigenvalue weighted by Crippen LogP contribution is 2.27. The Balaban J connectivity index is 2.00. The van der Waals surface area contributed by atoms with Crippen molar-refractivity contribution in [1.29, 1.82) is 0 Å². The Labute approximate surface area is 103 Å². The summed E-state index contributed by atoms with van der Waals surface area (Å²) >= 11 is 1.58. The summed E-state index contributed by atoms with van der Waals surface area (Å²) in [6.07, 6.45) is -0.757. The highest BCUT2D eigenvalue weighted by Gasteiger charge is 2.04. The lowest BCUT2D eigenvalue weighted by Crippen LogP contribution is -2.18. The molecule has 0 saturated heterocycles. The first-order valence-corrected chi connectivity index (χ1v) is 6.01. The van der Waals surface area contributed by atoms with Crippen LogP contribution < -0.4 is 11.1 Å². The van der Waals surface area contributed by atoms with Crippen molar-refractivity contribution in [2.45, 2.75) is 6.92 Å². The molecule has 5 nitrogen and oxygen atoms in total. The number of nitrogens with one attached hydrogen (secondary N) is 1. The number of ether oxygens (including phenoxy) is 1. The zero-order valence-corrected chi connectivity index (χ0v) is 10.2. The lowest BCUT2D eigenvalue weighted by atomic mass is 10.2. The molecule has 0 aliphatic carbocycles. The number of rotatable bonds is 4. The number of nitrogens with two attached hydrogens (primary N) is 1. The molecule has 0 fully saturated rings. The highest BCUT2D eigenvalue weighted by molar-refractivity contribution is 7.22. The van der Waals surface area contributed by atoms with E-state index in [0.29, 0.717) is 6.54 Å². The monoisotopic (exact) mass is 251 g/mol. The van der Waals surface area contributed by atoms with Crippen LogP contribution in [0, 0.1) is 6.92 Å². The topological polar surface area (TPSA) is 77.2 Å². The van der Waals surface area contributed by atoms with E-state index >= 15 is 0 Å². The minimum atomic E-state index is -0.757. The number of carbonyl (C=O) groups is 1. The van der Waals surface area contributed by atoms with Crippen molar-refractivity contribution in [2.75, 3.05) is 18.5 Å². The summed E-state index contributed by atoms with van der Waals surface area (Å²) in [6.45, 7) is 2.77. The number of amides is 1. The fraction of sp³-hybridized carbons (Fsp3) is 0.273. The average molecular weight is 251 g/mol. The molecular weight excluding hydrogens is 238 g/mol. The lowest BCUT2D eigenvalue weighted by Gasteiger charge is -2.01. The van der Waals surface area contributed by atoms with E-state index in [2.05, 4.69) is 15.0 Å². The Morgan fingerprint density at radius 2 is 2.41 bits per heavy atom. The van der Waals surface area contributed by atoms with Crippen LogP contribution in [0.2, 0.25) is 0 Å². The molecule has 3 N–H and O–H groups in total. The maximum atomic E-state index is 10.4. The second-order valence-corrected chi connectivity index (χ2v) is 4.57. The largest absolute Gasteiger partial charge is 0.448 e. The van der Waals surface area contributed by atoms with Gasteiger partial charge in [0, 0.05) is 0 Å². The Bertz CT molecular complexity index is 538. The first-order chi connectivity index (χ1) is 8.16. The molecule has 90 valence electrons. The van der Waals surface area contributed by atoms with Gasteiger partial charge in [-0.15, -0.1) is 0 Å². The molecule has 0 saturated carbocycles. The minimum absolute atomic E-state index is 0.240. The van der Waals surface area contributed by atoms with Gasteiger partial charge in [-0.1, -0.05) is 23.5 Å². The number of anilines is 1. The summed E-state index contributed by atoms with van der Waals surface area (Å²) in [5.74, 6) is 0. The Morgan fingerprint density at radius 3 is 3.12 bits per heavy atom. The quantitative estimate of drug-likeness (QED) is 0.816. The number of benzene rings is 1. The van der Waals surface area contributed by atoms with E-state index < -0.39 is 6.09 Å². The van der Waals surface area contributed by atoms with Crippen LogP contribution in [-0.2, 0) is 4.74 Å². The van der Waals surface area contributed by atoms with Crippen molar-refractivity contribution in [2.24, 2.45) is 5.73 Å². The van der Waals surface area contributed by atoms with Gasteiger partial charge in [-0.25, -0.2) is 9.78 Å². The van der Waals surface area contributed by atoms with Crippen molar-refractivity contribution in [1.82, 2.24) is 4.98 Å². The van der Waals surface area contributed by atoms with Crippen molar-refractivity contribution in [3.05, 3.63) is 23.8 Å². The summed E-state index contributed by atoms with van der Waals surface area (Å²) in [4.78, 5) is 14.8. The number of fused-ring (bicyclic) bond motifs is 1. The van der Waals surface area contributed by atoms with E-state index in [1.807, 2.05) is 25.1 Å². The number of hydrogen-bond donors (Lipinski definition) is 2. The molecule has 0 bridgehead atoms. The standard InChI is InChI=1S/C11H13N3O2S/c1-7-3-2-4-8-9(7)14-11(17-8)13-5-6-16-10(12)15/h2-4H,5-6H2,1H3,(H2,12,15)(H,13,14). The third-order valence-corrected chi connectivity index (χ3v) is 3.22. The van der Waals surface area contributed by atoms with Gasteiger partial charge >= 0.3 is 6.09 Å². The molecule has 2 rings (SSSR count). The smallest absolute Gasteiger partial charge is 0.404 e. The number of para-hydroxylation sites is 1. The van der Waals surface area contributed by atoms with E-state index in [-0.39, 0.29) is 6.61 Å². The molecule has 0 atom stereocenters. The fourth-order valence-electron chi connectivity index (χ4n) is 1.47. The number of nitrogens with zero attached hydrogens (tertiary/aromatic N) is 1. The first-order valence-electron chi connectivity index (χ1n) is 5.19. The van der Waals surface area contributed by atoms with Crippen molar-refractivity contribution < 1.29 is 9.53 Å². The molecule has 0 radical (unpaired) electrons. The predicted molar refractivity (Wildman–Crippen MR) is 68.4 cm³/mol. The molecule has 0 spiro atoms. The van der Waals surface area contributed by atoms with Gasteiger partial charge in [-0.3, -0.25) is 0 Å². The van der Waals surface area contributed by atoms with Crippen LogP contribution in [0.15, 0.2) is 18.2 Å². The number of carbonyl (C=O) groups excluding carboxylic acids is 1. The Kier molecular flexibility index (Phi) is 3.43. The molecule has 2 aromatic rings. The fourth-order valence-corrected chi connectivity index (χ4v) is 2.44. The van der Waals surface area contributed by atoms with Gasteiger partial charge in [0.15, 0.2) is 5.13 Å². The maximum absolute atomic E-state index is 10.4. The molecule has 6 heteroatoms. The summed E-state index contributed by atoms with van der Waals surface area (Å²) in [5, 5.41) is 3.91. The van der Waals surface area contributed by atoms with E-state index in [9.17, 15) is 4.79 Å². The van der Waals surface area contributed by atoms with E-state index in [1.54, 1.807) is 11.3 Å². The summed E-state index contributed by atoms with van der Waals surface area (Å²) in [6, 6.07) is 6.07. The second-order valence-electron chi connectivity index (χ2n) is 3.53. The zero-order valence-electron chi connectivity index (χ0n) is 9.40. The van der Waals surface area contributed by atoms with Crippen LogP contribution >= 0.6 is 11.3 Å². The highest BCUT2D eigenvalue weighted by atomic mass is 32.1. The molecule has 0 aliphatic heterocycles. The first kappa shape index (κ1) is 11.7. The number of primary amides is 1.